The standard InChI is InChI=1S/C26H31N7O/c1-18(27)21-15-28-25(29-16-21)31-10-7-20(8-11-31)17-33-14-13-32(26(33)34)12-9-22-19(2)30-24-6-4-3-5-23(22)24/h3-6,13-16,20,30H,1,7-12,17,27H2,2H3. The zero-order valence-electron chi connectivity index (χ0n) is 19.6. The first kappa shape index (κ1) is 22.0. The molecule has 176 valence electrons. The van der Waals surface area contributed by atoms with Crippen molar-refractivity contribution in [2.75, 3.05) is 18.0 Å². The average Bonchev–Trinajstić information content (AvgIpc) is 3.36. The van der Waals surface area contributed by atoms with Crippen molar-refractivity contribution in [1.29, 1.82) is 0 Å². The Kier molecular flexibility index (Phi) is 5.96. The van der Waals surface area contributed by atoms with Crippen molar-refractivity contribution >= 4 is 22.5 Å². The Balaban J connectivity index is 1.18. The van der Waals surface area contributed by atoms with E-state index in [1.165, 1.54) is 16.6 Å². The smallest absolute Gasteiger partial charge is 0.328 e. The fourth-order valence-electron chi connectivity index (χ4n) is 4.90. The van der Waals surface area contributed by atoms with Crippen LogP contribution in [0.3, 0.4) is 0 Å². The van der Waals surface area contributed by atoms with E-state index < -0.39 is 0 Å². The first-order valence-corrected chi connectivity index (χ1v) is 11.8. The number of fused-ring (bicyclic) bond motifs is 1. The highest BCUT2D eigenvalue weighted by molar-refractivity contribution is 5.84. The predicted octanol–water partition coefficient (Wildman–Crippen LogP) is 3.32. The summed E-state index contributed by atoms with van der Waals surface area (Å²) >= 11 is 0. The van der Waals surface area contributed by atoms with E-state index in [1.54, 1.807) is 12.4 Å². The van der Waals surface area contributed by atoms with Crippen LogP contribution in [0, 0.1) is 12.8 Å². The number of aromatic nitrogens is 5. The van der Waals surface area contributed by atoms with Crippen molar-refractivity contribution in [2.24, 2.45) is 11.7 Å². The monoisotopic (exact) mass is 457 g/mol. The third kappa shape index (κ3) is 4.35. The maximum absolute atomic E-state index is 13.0. The number of rotatable bonds is 7. The molecule has 1 aliphatic heterocycles. The number of H-pyrrole nitrogens is 1. The second kappa shape index (κ2) is 9.21. The van der Waals surface area contributed by atoms with Crippen molar-refractivity contribution < 1.29 is 0 Å². The van der Waals surface area contributed by atoms with Crippen molar-refractivity contribution in [2.45, 2.75) is 39.3 Å². The lowest BCUT2D eigenvalue weighted by Crippen LogP contribution is -2.37. The Morgan fingerprint density at radius 1 is 1.15 bits per heavy atom. The highest BCUT2D eigenvalue weighted by Crippen LogP contribution is 2.23. The van der Waals surface area contributed by atoms with Crippen LogP contribution in [0.25, 0.3) is 16.6 Å². The molecule has 3 aromatic heterocycles. The van der Waals surface area contributed by atoms with E-state index in [4.69, 9.17) is 5.73 Å². The minimum Gasteiger partial charge on any atom is -0.399 e. The first-order chi connectivity index (χ1) is 16.5. The molecule has 0 spiro atoms. The van der Waals surface area contributed by atoms with Gasteiger partial charge in [-0.2, -0.15) is 0 Å². The molecule has 1 aromatic carbocycles. The molecule has 0 aliphatic carbocycles. The zero-order chi connectivity index (χ0) is 23.7. The number of benzene rings is 1. The lowest BCUT2D eigenvalue weighted by atomic mass is 9.97. The summed E-state index contributed by atoms with van der Waals surface area (Å²) in [6.07, 6.45) is 10.1. The van der Waals surface area contributed by atoms with Crippen LogP contribution in [0.1, 0.15) is 29.7 Å². The molecule has 0 unspecified atom stereocenters. The number of imidazole rings is 1. The number of aryl methyl sites for hydroxylation is 3. The van der Waals surface area contributed by atoms with Gasteiger partial charge in [-0.05, 0) is 43.7 Å². The second-order valence-corrected chi connectivity index (χ2v) is 9.18. The van der Waals surface area contributed by atoms with Crippen LogP contribution in [-0.2, 0) is 19.5 Å². The van der Waals surface area contributed by atoms with Crippen molar-refractivity contribution in [1.82, 2.24) is 24.1 Å². The highest BCUT2D eigenvalue weighted by atomic mass is 16.1. The van der Waals surface area contributed by atoms with Crippen LogP contribution in [0.2, 0.25) is 0 Å². The number of piperidine rings is 1. The van der Waals surface area contributed by atoms with E-state index in [1.807, 2.05) is 27.6 Å². The molecule has 4 aromatic rings. The SMILES string of the molecule is C=C(N)c1cnc(N2CCC(Cn3ccn(CCc4c(C)[nH]c5ccccc45)c3=O)CC2)nc1. The summed E-state index contributed by atoms with van der Waals surface area (Å²) in [5, 5.41) is 1.24. The van der Waals surface area contributed by atoms with Gasteiger partial charge in [-0.15, -0.1) is 0 Å². The van der Waals surface area contributed by atoms with Crippen LogP contribution >= 0.6 is 0 Å². The van der Waals surface area contributed by atoms with Crippen LogP contribution < -0.4 is 16.3 Å². The maximum atomic E-state index is 13.0. The van der Waals surface area contributed by atoms with Gasteiger partial charge in [-0.3, -0.25) is 9.13 Å². The van der Waals surface area contributed by atoms with Gasteiger partial charge >= 0.3 is 5.69 Å². The van der Waals surface area contributed by atoms with Crippen molar-refractivity contribution in [3.63, 3.8) is 0 Å². The molecule has 0 bridgehead atoms. The zero-order valence-corrected chi connectivity index (χ0v) is 19.6. The topological polar surface area (TPSA) is 97.8 Å². The van der Waals surface area contributed by atoms with Crippen LogP contribution in [0.4, 0.5) is 5.95 Å². The Labute approximate surface area is 198 Å². The van der Waals surface area contributed by atoms with Gasteiger partial charge in [0.2, 0.25) is 5.95 Å². The van der Waals surface area contributed by atoms with Gasteiger partial charge in [0, 0.05) is 78.8 Å². The average molecular weight is 458 g/mol. The lowest BCUT2D eigenvalue weighted by molar-refractivity contribution is 0.349. The largest absolute Gasteiger partial charge is 0.399 e. The Hall–Kier alpha value is -3.81. The molecule has 0 saturated carbocycles. The summed E-state index contributed by atoms with van der Waals surface area (Å²) in [5.41, 5.74) is 10.6. The molecule has 3 N–H and O–H groups in total. The minimum absolute atomic E-state index is 0.0702. The van der Waals surface area contributed by atoms with Crippen LogP contribution in [0.5, 0.6) is 0 Å². The lowest BCUT2D eigenvalue weighted by Gasteiger charge is -2.32. The molecular formula is C26H31N7O. The van der Waals surface area contributed by atoms with Crippen molar-refractivity contribution in [3.05, 3.63) is 82.9 Å². The van der Waals surface area contributed by atoms with E-state index in [0.29, 0.717) is 18.2 Å². The summed E-state index contributed by atoms with van der Waals surface area (Å²) in [6.45, 7) is 9.00. The summed E-state index contributed by atoms with van der Waals surface area (Å²) in [4.78, 5) is 27.5. The molecule has 1 fully saturated rings. The molecule has 8 nitrogen and oxygen atoms in total. The van der Waals surface area contributed by atoms with Gasteiger partial charge in [0.1, 0.15) is 0 Å². The fourth-order valence-corrected chi connectivity index (χ4v) is 4.90. The Morgan fingerprint density at radius 2 is 1.85 bits per heavy atom. The Morgan fingerprint density at radius 3 is 2.59 bits per heavy atom. The molecule has 34 heavy (non-hydrogen) atoms. The third-order valence-electron chi connectivity index (χ3n) is 6.91. The quantitative estimate of drug-likeness (QED) is 0.444. The second-order valence-electron chi connectivity index (χ2n) is 9.18. The Bertz CT molecular complexity index is 1350. The third-order valence-corrected chi connectivity index (χ3v) is 6.91. The van der Waals surface area contributed by atoms with Crippen molar-refractivity contribution in [3.8, 4) is 0 Å². The van der Waals surface area contributed by atoms with Gasteiger partial charge in [-0.1, -0.05) is 24.8 Å². The molecule has 8 heteroatoms. The normalized spacial score (nSPS) is 14.7. The van der Waals surface area contributed by atoms with E-state index in [0.717, 1.165) is 55.9 Å². The summed E-state index contributed by atoms with van der Waals surface area (Å²) in [5.74, 6) is 1.18. The molecular weight excluding hydrogens is 426 g/mol. The number of hydrogen-bond acceptors (Lipinski definition) is 5. The first-order valence-electron chi connectivity index (χ1n) is 11.8. The summed E-state index contributed by atoms with van der Waals surface area (Å²) in [7, 11) is 0. The molecule has 5 rings (SSSR count). The number of nitrogens with zero attached hydrogens (tertiary/aromatic N) is 5. The van der Waals surface area contributed by atoms with Crippen LogP contribution in [-0.4, -0.2) is 37.2 Å². The summed E-state index contributed by atoms with van der Waals surface area (Å²) in [6, 6.07) is 8.34. The highest BCUT2D eigenvalue weighted by Gasteiger charge is 2.22. The number of nitrogens with one attached hydrogen (secondary N) is 1. The van der Waals surface area contributed by atoms with Gasteiger partial charge in [-0.25, -0.2) is 14.8 Å². The number of nitrogens with two attached hydrogens (primary N) is 1. The number of hydrogen-bond donors (Lipinski definition) is 2. The van der Waals surface area contributed by atoms with Gasteiger partial charge in [0.15, 0.2) is 0 Å². The van der Waals surface area contributed by atoms with E-state index in [9.17, 15) is 4.79 Å². The number of aromatic amines is 1. The number of anilines is 1. The minimum atomic E-state index is 0.0702. The van der Waals surface area contributed by atoms with E-state index >= 15 is 0 Å². The molecule has 0 atom stereocenters. The van der Waals surface area contributed by atoms with E-state index in [2.05, 4.69) is 51.6 Å². The van der Waals surface area contributed by atoms with Crippen LogP contribution in [0.15, 0.2) is 60.4 Å². The molecule has 1 aliphatic rings. The summed E-state index contributed by atoms with van der Waals surface area (Å²) < 4.78 is 3.69. The van der Waals surface area contributed by atoms with Gasteiger partial charge in [0.25, 0.3) is 0 Å². The molecule has 0 radical (unpaired) electrons. The maximum Gasteiger partial charge on any atom is 0.328 e. The molecule has 4 heterocycles. The van der Waals surface area contributed by atoms with Gasteiger partial charge < -0.3 is 15.6 Å². The predicted molar refractivity (Wildman–Crippen MR) is 136 cm³/mol. The number of para-hydroxylation sites is 1. The molecule has 0 amide bonds. The molecule has 1 saturated heterocycles. The van der Waals surface area contributed by atoms with Gasteiger partial charge in [0.05, 0.1) is 0 Å². The fraction of sp³-hybridized carbons (Fsp3) is 0.346. The van der Waals surface area contributed by atoms with E-state index in [-0.39, 0.29) is 5.69 Å².